The van der Waals surface area contributed by atoms with E-state index in [4.69, 9.17) is 9.15 Å². The highest BCUT2D eigenvalue weighted by Crippen LogP contribution is 2.19. The molecule has 3 aromatic rings. The number of nitrogens with zero attached hydrogens (tertiary/aromatic N) is 3. The van der Waals surface area contributed by atoms with Crippen LogP contribution in [-0.4, -0.2) is 40.1 Å². The van der Waals surface area contributed by atoms with Crippen molar-refractivity contribution >= 4 is 17.0 Å². The molecule has 0 bridgehead atoms. The summed E-state index contributed by atoms with van der Waals surface area (Å²) >= 11 is 0. The van der Waals surface area contributed by atoms with Gasteiger partial charge in [-0.2, -0.15) is 5.10 Å². The molecule has 0 aliphatic heterocycles. The van der Waals surface area contributed by atoms with E-state index in [1.165, 1.54) is 0 Å². The first kappa shape index (κ1) is 18.1. The highest BCUT2D eigenvalue weighted by Gasteiger charge is 2.15. The molecule has 0 radical (unpaired) electrons. The number of hydrogen-bond donors (Lipinski definition) is 1. The van der Waals surface area contributed by atoms with Gasteiger partial charge in [-0.3, -0.25) is 9.89 Å². The highest BCUT2D eigenvalue weighted by molar-refractivity contribution is 5.96. The van der Waals surface area contributed by atoms with Crippen LogP contribution in [0.4, 0.5) is 0 Å². The number of aromatic nitrogens is 3. The van der Waals surface area contributed by atoms with Gasteiger partial charge in [0.1, 0.15) is 5.52 Å². The fourth-order valence-electron chi connectivity index (χ4n) is 2.80. The van der Waals surface area contributed by atoms with Gasteiger partial charge in [0, 0.05) is 26.1 Å². The monoisotopic (exact) mass is 356 g/mol. The number of nitrogens with one attached hydrogen (secondary N) is 1. The Morgan fingerprint density at radius 2 is 2.19 bits per heavy atom. The SMILES string of the molecule is CCCCc1nc2cc(C(=O)N(C)Cc3cc(COC)n[nH]3)ccc2o1. The summed E-state index contributed by atoms with van der Waals surface area (Å²) in [4.78, 5) is 18.8. The molecule has 1 N–H and O–H groups in total. The molecule has 0 unspecified atom stereocenters. The number of fused-ring (bicyclic) bond motifs is 1. The van der Waals surface area contributed by atoms with Gasteiger partial charge < -0.3 is 14.1 Å². The van der Waals surface area contributed by atoms with Crippen molar-refractivity contribution < 1.29 is 13.9 Å². The molecular weight excluding hydrogens is 332 g/mol. The maximum Gasteiger partial charge on any atom is 0.254 e. The number of aryl methyl sites for hydroxylation is 1. The van der Waals surface area contributed by atoms with Crippen molar-refractivity contribution in [3.05, 3.63) is 47.1 Å². The number of carbonyl (C=O) groups is 1. The lowest BCUT2D eigenvalue weighted by Crippen LogP contribution is -2.26. The van der Waals surface area contributed by atoms with E-state index in [9.17, 15) is 4.79 Å². The molecule has 0 spiro atoms. The number of carbonyl (C=O) groups excluding carboxylic acids is 1. The van der Waals surface area contributed by atoms with Crippen LogP contribution < -0.4 is 0 Å². The minimum atomic E-state index is -0.0760. The predicted molar refractivity (Wildman–Crippen MR) is 97.7 cm³/mol. The quantitative estimate of drug-likeness (QED) is 0.669. The smallest absolute Gasteiger partial charge is 0.254 e. The minimum absolute atomic E-state index is 0.0760. The van der Waals surface area contributed by atoms with Gasteiger partial charge in [0.2, 0.25) is 0 Å². The molecular formula is C19H24N4O3. The zero-order chi connectivity index (χ0) is 18.5. The van der Waals surface area contributed by atoms with Gasteiger partial charge in [0.05, 0.1) is 24.5 Å². The number of aromatic amines is 1. The largest absolute Gasteiger partial charge is 0.441 e. The van der Waals surface area contributed by atoms with E-state index in [1.807, 2.05) is 12.1 Å². The Morgan fingerprint density at radius 1 is 1.35 bits per heavy atom. The van der Waals surface area contributed by atoms with Crippen molar-refractivity contribution in [2.45, 2.75) is 39.3 Å². The number of hydrogen-bond acceptors (Lipinski definition) is 5. The van der Waals surface area contributed by atoms with Gasteiger partial charge in [-0.1, -0.05) is 13.3 Å². The first-order valence-electron chi connectivity index (χ1n) is 8.77. The average Bonchev–Trinajstić information content (AvgIpc) is 3.25. The van der Waals surface area contributed by atoms with Gasteiger partial charge in [-0.15, -0.1) is 0 Å². The van der Waals surface area contributed by atoms with E-state index in [0.717, 1.165) is 42.1 Å². The van der Waals surface area contributed by atoms with E-state index in [0.29, 0.717) is 24.3 Å². The van der Waals surface area contributed by atoms with Crippen LogP contribution in [-0.2, 0) is 24.3 Å². The molecule has 0 atom stereocenters. The number of amides is 1. The fourth-order valence-corrected chi connectivity index (χ4v) is 2.80. The predicted octanol–water partition coefficient (Wildman–Crippen LogP) is 3.31. The van der Waals surface area contributed by atoms with Crippen molar-refractivity contribution in [1.29, 1.82) is 0 Å². The van der Waals surface area contributed by atoms with Crippen molar-refractivity contribution in [3.63, 3.8) is 0 Å². The fraction of sp³-hybridized carbons (Fsp3) is 0.421. The molecule has 0 aliphatic rings. The third-order valence-corrected chi connectivity index (χ3v) is 4.15. The van der Waals surface area contributed by atoms with Gasteiger partial charge in [-0.05, 0) is 30.7 Å². The maximum atomic E-state index is 12.7. The lowest BCUT2D eigenvalue weighted by molar-refractivity contribution is 0.0783. The second-order valence-electron chi connectivity index (χ2n) is 6.37. The molecule has 138 valence electrons. The molecule has 7 heteroatoms. The van der Waals surface area contributed by atoms with E-state index in [-0.39, 0.29) is 5.91 Å². The summed E-state index contributed by atoms with van der Waals surface area (Å²) in [5.74, 6) is 0.649. The summed E-state index contributed by atoms with van der Waals surface area (Å²) in [6.07, 6.45) is 2.95. The minimum Gasteiger partial charge on any atom is -0.441 e. The summed E-state index contributed by atoms with van der Waals surface area (Å²) in [5, 5.41) is 7.08. The van der Waals surface area contributed by atoms with E-state index in [2.05, 4.69) is 22.1 Å². The van der Waals surface area contributed by atoms with Crippen LogP contribution in [0.3, 0.4) is 0 Å². The molecule has 7 nitrogen and oxygen atoms in total. The van der Waals surface area contributed by atoms with Crippen molar-refractivity contribution in [1.82, 2.24) is 20.1 Å². The third kappa shape index (κ3) is 4.11. The number of ether oxygens (including phenoxy) is 1. The molecule has 1 amide bonds. The topological polar surface area (TPSA) is 84.3 Å². The van der Waals surface area contributed by atoms with Crippen LogP contribution in [0.2, 0.25) is 0 Å². The molecule has 0 saturated carbocycles. The molecule has 26 heavy (non-hydrogen) atoms. The number of rotatable bonds is 8. The molecule has 0 saturated heterocycles. The van der Waals surface area contributed by atoms with Crippen LogP contribution in [0.1, 0.15) is 47.4 Å². The van der Waals surface area contributed by atoms with Gasteiger partial charge >= 0.3 is 0 Å². The van der Waals surface area contributed by atoms with E-state index < -0.39 is 0 Å². The Bertz CT molecular complexity index is 884. The first-order chi connectivity index (χ1) is 12.6. The summed E-state index contributed by atoms with van der Waals surface area (Å²) in [6.45, 7) is 3.01. The first-order valence-corrected chi connectivity index (χ1v) is 8.77. The van der Waals surface area contributed by atoms with Gasteiger partial charge in [0.25, 0.3) is 5.91 Å². The zero-order valence-electron chi connectivity index (χ0n) is 15.4. The highest BCUT2D eigenvalue weighted by atomic mass is 16.5. The third-order valence-electron chi connectivity index (χ3n) is 4.15. The number of unbranched alkanes of at least 4 members (excludes halogenated alkanes) is 1. The summed E-state index contributed by atoms with van der Waals surface area (Å²) in [5.41, 5.74) is 3.70. The summed E-state index contributed by atoms with van der Waals surface area (Å²) < 4.78 is 10.8. The molecule has 2 aromatic heterocycles. The molecule has 3 rings (SSSR count). The number of benzene rings is 1. The Labute approximate surface area is 152 Å². The standard InChI is InChI=1S/C19H24N4O3/c1-4-5-6-18-20-16-9-13(7-8-17(16)26-18)19(24)23(2)11-14-10-15(12-25-3)22-21-14/h7-10H,4-6,11-12H2,1-3H3,(H,21,22). The molecule has 2 heterocycles. The van der Waals surface area contributed by atoms with Gasteiger partial charge in [0.15, 0.2) is 11.5 Å². The molecule has 1 aromatic carbocycles. The Balaban J connectivity index is 1.71. The van der Waals surface area contributed by atoms with Crippen LogP contribution in [0.5, 0.6) is 0 Å². The van der Waals surface area contributed by atoms with E-state index >= 15 is 0 Å². The number of H-pyrrole nitrogens is 1. The molecule has 0 fully saturated rings. The second kappa shape index (κ2) is 8.14. The van der Waals surface area contributed by atoms with Crippen LogP contribution in [0, 0.1) is 0 Å². The molecule has 0 aliphatic carbocycles. The van der Waals surface area contributed by atoms with Crippen LogP contribution in [0.25, 0.3) is 11.1 Å². The van der Waals surface area contributed by atoms with Crippen LogP contribution in [0.15, 0.2) is 28.7 Å². The van der Waals surface area contributed by atoms with Crippen molar-refractivity contribution in [2.75, 3.05) is 14.2 Å². The van der Waals surface area contributed by atoms with E-state index in [1.54, 1.807) is 31.2 Å². The lowest BCUT2D eigenvalue weighted by Gasteiger charge is -2.16. The van der Waals surface area contributed by atoms with Crippen molar-refractivity contribution in [3.8, 4) is 0 Å². The summed E-state index contributed by atoms with van der Waals surface area (Å²) in [6, 6.07) is 7.27. The second-order valence-corrected chi connectivity index (χ2v) is 6.37. The number of methoxy groups -OCH3 is 1. The zero-order valence-corrected chi connectivity index (χ0v) is 15.4. The Hall–Kier alpha value is -2.67. The van der Waals surface area contributed by atoms with Gasteiger partial charge in [-0.25, -0.2) is 4.98 Å². The number of oxazole rings is 1. The lowest BCUT2D eigenvalue weighted by atomic mass is 10.2. The van der Waals surface area contributed by atoms with Crippen molar-refractivity contribution in [2.24, 2.45) is 0 Å². The summed E-state index contributed by atoms with van der Waals surface area (Å²) in [7, 11) is 3.39. The maximum absolute atomic E-state index is 12.7. The normalized spacial score (nSPS) is 11.2. The average molecular weight is 356 g/mol. The van der Waals surface area contributed by atoms with Crippen LogP contribution >= 0.6 is 0 Å². The Morgan fingerprint density at radius 3 is 2.96 bits per heavy atom. The Kier molecular flexibility index (Phi) is 5.68.